The summed E-state index contributed by atoms with van der Waals surface area (Å²) in [5.41, 5.74) is 3.01. The fourth-order valence-electron chi connectivity index (χ4n) is 4.59. The van der Waals surface area contributed by atoms with Crippen molar-refractivity contribution in [3.8, 4) is 5.75 Å². The van der Waals surface area contributed by atoms with Crippen LogP contribution in [0, 0.1) is 5.82 Å². The first-order valence-electron chi connectivity index (χ1n) is 10.0. The first-order valence-corrected chi connectivity index (χ1v) is 10.0. The van der Waals surface area contributed by atoms with Crippen LogP contribution in [-0.2, 0) is 6.42 Å². The molecule has 2 amide bonds. The molecule has 162 valence electrons. The monoisotopic (exact) mass is 445 g/mol. The van der Waals surface area contributed by atoms with Gasteiger partial charge in [0, 0.05) is 41.7 Å². The second-order valence-electron chi connectivity index (χ2n) is 7.75. The van der Waals surface area contributed by atoms with Crippen molar-refractivity contribution in [1.82, 2.24) is 10.5 Å². The maximum Gasteiger partial charge on any atom is 0.262 e. The van der Waals surface area contributed by atoms with Crippen LogP contribution < -0.4 is 10.2 Å². The van der Waals surface area contributed by atoms with Crippen molar-refractivity contribution in [2.45, 2.75) is 32.1 Å². The number of anilines is 1. The lowest BCUT2D eigenvalue weighted by Crippen LogP contribution is -2.34. The number of carbonyl (C=O) groups is 2. The molecule has 3 heterocycles. The van der Waals surface area contributed by atoms with E-state index in [1.165, 1.54) is 12.1 Å². The van der Waals surface area contributed by atoms with E-state index in [2.05, 4.69) is 15.4 Å². The normalized spacial score (nSPS) is 16.4. The number of piperidine rings is 1. The van der Waals surface area contributed by atoms with E-state index >= 15 is 0 Å². The van der Waals surface area contributed by atoms with E-state index in [9.17, 15) is 19.1 Å². The lowest BCUT2D eigenvalue weighted by molar-refractivity contribution is 0.0879. The molecule has 0 saturated carbocycles. The van der Waals surface area contributed by atoms with E-state index in [0.29, 0.717) is 30.7 Å². The van der Waals surface area contributed by atoms with Gasteiger partial charge >= 0.3 is 0 Å². The van der Waals surface area contributed by atoms with Crippen molar-refractivity contribution in [1.29, 1.82) is 0 Å². The lowest BCUT2D eigenvalue weighted by Gasteiger charge is -2.34. The number of fused-ring (bicyclic) bond motifs is 2. The van der Waals surface area contributed by atoms with Gasteiger partial charge in [0.1, 0.15) is 11.6 Å². The van der Waals surface area contributed by atoms with Crippen LogP contribution >= 0.6 is 12.4 Å². The highest BCUT2D eigenvalue weighted by Crippen LogP contribution is 2.40. The largest absolute Gasteiger partial charge is 0.507 e. The molecular weight excluding hydrogens is 425 g/mol. The fourth-order valence-corrected chi connectivity index (χ4v) is 4.59. The average Bonchev–Trinajstić information content (AvgIpc) is 3.28. The lowest BCUT2D eigenvalue weighted by atomic mass is 9.90. The van der Waals surface area contributed by atoms with Crippen LogP contribution in [0.1, 0.15) is 57.7 Å². The number of carbonyl (C=O) groups excluding carboxylic acids is 2. The van der Waals surface area contributed by atoms with Crippen LogP contribution in [0.4, 0.5) is 10.1 Å². The molecule has 2 aromatic carbocycles. The van der Waals surface area contributed by atoms with E-state index in [1.54, 1.807) is 12.1 Å². The molecule has 7 nitrogen and oxygen atoms in total. The highest BCUT2D eigenvalue weighted by Gasteiger charge is 2.34. The minimum absolute atomic E-state index is 0. The Morgan fingerprint density at radius 1 is 1.23 bits per heavy atom. The SMILES string of the molecule is CCc1c(N2CCC(c3noc4cc(F)ccc34)CC2)cc2c(c1O)C(=O)NC2=O.Cl. The van der Waals surface area contributed by atoms with Crippen LogP contribution in [0.15, 0.2) is 28.8 Å². The molecule has 0 aliphatic carbocycles. The summed E-state index contributed by atoms with van der Waals surface area (Å²) < 4.78 is 18.7. The van der Waals surface area contributed by atoms with Crippen LogP contribution in [0.25, 0.3) is 11.0 Å². The third kappa shape index (κ3) is 3.31. The molecule has 2 N–H and O–H groups in total. The summed E-state index contributed by atoms with van der Waals surface area (Å²) in [6.07, 6.45) is 2.13. The van der Waals surface area contributed by atoms with Crippen LogP contribution in [0.3, 0.4) is 0 Å². The summed E-state index contributed by atoms with van der Waals surface area (Å²) in [4.78, 5) is 26.3. The summed E-state index contributed by atoms with van der Waals surface area (Å²) in [5.74, 6) is -1.33. The van der Waals surface area contributed by atoms with Gasteiger partial charge in [-0.1, -0.05) is 12.1 Å². The van der Waals surface area contributed by atoms with Gasteiger partial charge in [0.15, 0.2) is 5.58 Å². The number of aromatic nitrogens is 1. The molecule has 9 heteroatoms. The zero-order valence-corrected chi connectivity index (χ0v) is 17.6. The molecule has 0 bridgehead atoms. The number of rotatable bonds is 3. The highest BCUT2D eigenvalue weighted by atomic mass is 35.5. The summed E-state index contributed by atoms with van der Waals surface area (Å²) in [7, 11) is 0. The van der Waals surface area contributed by atoms with Gasteiger partial charge < -0.3 is 14.5 Å². The third-order valence-electron chi connectivity index (χ3n) is 6.12. The minimum atomic E-state index is -0.554. The van der Waals surface area contributed by atoms with Crippen molar-refractivity contribution in [2.24, 2.45) is 0 Å². The smallest absolute Gasteiger partial charge is 0.262 e. The molecule has 0 atom stereocenters. The van der Waals surface area contributed by atoms with E-state index in [0.717, 1.165) is 29.6 Å². The molecule has 2 aliphatic rings. The number of halogens is 2. The number of hydrogen-bond acceptors (Lipinski definition) is 6. The molecule has 31 heavy (non-hydrogen) atoms. The summed E-state index contributed by atoms with van der Waals surface area (Å²) >= 11 is 0. The van der Waals surface area contributed by atoms with Gasteiger partial charge in [-0.25, -0.2) is 4.39 Å². The van der Waals surface area contributed by atoms with Crippen molar-refractivity contribution < 1.29 is 23.6 Å². The Labute approximate surface area is 183 Å². The molecule has 0 radical (unpaired) electrons. The topological polar surface area (TPSA) is 95.7 Å². The number of hydrogen-bond donors (Lipinski definition) is 2. The number of nitrogens with zero attached hydrogens (tertiary/aromatic N) is 2. The minimum Gasteiger partial charge on any atom is -0.507 e. The van der Waals surface area contributed by atoms with Gasteiger partial charge in [-0.15, -0.1) is 12.4 Å². The van der Waals surface area contributed by atoms with Gasteiger partial charge in [0.25, 0.3) is 11.8 Å². The third-order valence-corrected chi connectivity index (χ3v) is 6.12. The number of amides is 2. The van der Waals surface area contributed by atoms with E-state index in [1.807, 2.05) is 6.92 Å². The predicted octanol–water partition coefficient (Wildman–Crippen LogP) is 3.92. The number of benzene rings is 2. The van der Waals surface area contributed by atoms with Crippen molar-refractivity contribution in [3.05, 3.63) is 52.5 Å². The molecule has 0 unspecified atom stereocenters. The second kappa shape index (κ2) is 7.85. The number of nitrogens with one attached hydrogen (secondary N) is 1. The predicted molar refractivity (Wildman–Crippen MR) is 115 cm³/mol. The van der Waals surface area contributed by atoms with Crippen LogP contribution in [-0.4, -0.2) is 35.2 Å². The van der Waals surface area contributed by atoms with Crippen molar-refractivity contribution >= 4 is 40.9 Å². The number of imide groups is 1. The summed E-state index contributed by atoms with van der Waals surface area (Å²) in [5, 5.41) is 17.9. The molecular formula is C22H21ClFN3O4. The maximum absolute atomic E-state index is 13.4. The quantitative estimate of drug-likeness (QED) is 0.593. The maximum atomic E-state index is 13.4. The average molecular weight is 446 g/mol. The van der Waals surface area contributed by atoms with Gasteiger partial charge in [0.2, 0.25) is 0 Å². The zero-order valence-electron chi connectivity index (χ0n) is 16.8. The van der Waals surface area contributed by atoms with Gasteiger partial charge in [-0.2, -0.15) is 0 Å². The molecule has 1 fully saturated rings. The number of phenols is 1. The van der Waals surface area contributed by atoms with Gasteiger partial charge in [0.05, 0.1) is 16.8 Å². The standard InChI is InChI=1S/C22H20FN3O4.ClH/c1-2-13-16(10-15-18(20(13)27)22(29)24-21(15)28)26-7-5-11(6-8-26)19-14-4-3-12(23)9-17(14)30-25-19;/h3-4,9-11,27H,2,5-8H2,1H3,(H,24,28,29);1H. The molecule has 1 aromatic heterocycles. The Morgan fingerprint density at radius 2 is 1.97 bits per heavy atom. The Morgan fingerprint density at radius 3 is 2.68 bits per heavy atom. The molecule has 2 aliphatic heterocycles. The molecule has 5 rings (SSSR count). The summed E-state index contributed by atoms with van der Waals surface area (Å²) in [6.45, 7) is 3.30. The molecule has 1 saturated heterocycles. The van der Waals surface area contributed by atoms with E-state index in [-0.39, 0.29) is 41.0 Å². The van der Waals surface area contributed by atoms with Crippen molar-refractivity contribution in [3.63, 3.8) is 0 Å². The van der Waals surface area contributed by atoms with E-state index < -0.39 is 11.8 Å². The zero-order chi connectivity index (χ0) is 21.0. The summed E-state index contributed by atoms with van der Waals surface area (Å²) in [6, 6.07) is 6.16. The van der Waals surface area contributed by atoms with Gasteiger partial charge in [-0.05, 0) is 37.5 Å². The molecule has 3 aromatic rings. The Bertz CT molecular complexity index is 1200. The number of phenolic OH excluding ortho intramolecular Hbond substituents is 1. The van der Waals surface area contributed by atoms with Gasteiger partial charge in [-0.3, -0.25) is 14.9 Å². The highest BCUT2D eigenvalue weighted by molar-refractivity contribution is 6.23. The Kier molecular flexibility index (Phi) is 5.35. The Balaban J connectivity index is 0.00000231. The van der Waals surface area contributed by atoms with Crippen molar-refractivity contribution in [2.75, 3.05) is 18.0 Å². The number of aromatic hydroxyl groups is 1. The first kappa shape index (κ1) is 21.1. The van der Waals surface area contributed by atoms with Crippen LogP contribution in [0.2, 0.25) is 0 Å². The fraction of sp³-hybridized carbons (Fsp3) is 0.318. The first-order chi connectivity index (χ1) is 14.5. The Hall–Kier alpha value is -3.13. The molecule has 0 spiro atoms. The van der Waals surface area contributed by atoms with Crippen LogP contribution in [0.5, 0.6) is 5.75 Å². The van der Waals surface area contributed by atoms with E-state index in [4.69, 9.17) is 4.52 Å². The second-order valence-corrected chi connectivity index (χ2v) is 7.75.